The molecule has 0 saturated carbocycles. The van der Waals surface area contributed by atoms with Crippen LogP contribution in [0.5, 0.6) is 0 Å². The zero-order valence-electron chi connectivity index (χ0n) is 14.0. The molecule has 0 radical (unpaired) electrons. The maximum atomic E-state index is 12.3. The lowest BCUT2D eigenvalue weighted by molar-refractivity contribution is -0.116. The van der Waals surface area contributed by atoms with Gasteiger partial charge in [-0.2, -0.15) is 0 Å². The normalized spacial score (nSPS) is 17.6. The van der Waals surface area contributed by atoms with Gasteiger partial charge >= 0.3 is 0 Å². The first-order chi connectivity index (χ1) is 11.8. The van der Waals surface area contributed by atoms with Crippen molar-refractivity contribution < 1.29 is 4.79 Å². The van der Waals surface area contributed by atoms with Crippen LogP contribution in [0.3, 0.4) is 0 Å². The number of hydrogen-bond acceptors (Lipinski definition) is 2. The van der Waals surface area contributed by atoms with Gasteiger partial charge in [0.05, 0.1) is 0 Å². The van der Waals surface area contributed by atoms with Crippen LogP contribution >= 0.6 is 0 Å². The maximum Gasteiger partial charge on any atom is 0.224 e. The van der Waals surface area contributed by atoms with Crippen molar-refractivity contribution >= 4 is 33.4 Å². The average molecular weight is 321 g/mol. The Kier molecular flexibility index (Phi) is 3.98. The zero-order chi connectivity index (χ0) is 16.5. The number of carbonyl (C=O) groups excluding carboxylic acids is 1. The number of anilines is 1. The maximum absolute atomic E-state index is 12.3. The third-order valence-corrected chi connectivity index (χ3v) is 5.01. The van der Waals surface area contributed by atoms with E-state index in [0.29, 0.717) is 12.3 Å². The molecule has 1 amide bonds. The Bertz CT molecular complexity index is 890. The number of hydrogen-bond donors (Lipinski definition) is 2. The van der Waals surface area contributed by atoms with E-state index in [1.807, 2.05) is 6.07 Å². The highest BCUT2D eigenvalue weighted by Gasteiger charge is 2.18. The molecule has 0 aliphatic carbocycles. The highest BCUT2D eigenvalue weighted by Crippen LogP contribution is 2.31. The van der Waals surface area contributed by atoms with Crippen LogP contribution in [-0.4, -0.2) is 23.6 Å². The molecule has 0 bridgehead atoms. The number of fused-ring (bicyclic) bond motifs is 3. The van der Waals surface area contributed by atoms with E-state index in [1.165, 1.54) is 21.8 Å². The van der Waals surface area contributed by atoms with Crippen LogP contribution in [0, 0.1) is 5.92 Å². The molecule has 2 N–H and O–H groups in total. The van der Waals surface area contributed by atoms with Crippen molar-refractivity contribution in [3.63, 3.8) is 0 Å². The Balaban J connectivity index is 1.65. The van der Waals surface area contributed by atoms with E-state index in [1.54, 1.807) is 0 Å². The van der Waals surface area contributed by atoms with E-state index in [2.05, 4.69) is 58.5 Å². The minimum atomic E-state index is 0.113. The summed E-state index contributed by atoms with van der Waals surface area (Å²) in [6.45, 7) is 5.08. The number of benzene rings is 2. The Labute approximate surface area is 141 Å². The van der Waals surface area contributed by atoms with Crippen LogP contribution in [0.25, 0.3) is 21.8 Å². The third-order valence-electron chi connectivity index (χ3n) is 5.01. The lowest BCUT2D eigenvalue weighted by Crippen LogP contribution is -2.18. The van der Waals surface area contributed by atoms with Gasteiger partial charge in [-0.1, -0.05) is 18.2 Å². The van der Waals surface area contributed by atoms with E-state index < -0.39 is 0 Å². The van der Waals surface area contributed by atoms with Crippen LogP contribution in [-0.2, 0) is 11.3 Å². The Morgan fingerprint density at radius 1 is 1.21 bits per heavy atom. The van der Waals surface area contributed by atoms with Crippen molar-refractivity contribution in [3.05, 3.63) is 42.5 Å². The molecule has 1 fully saturated rings. The zero-order valence-corrected chi connectivity index (χ0v) is 14.0. The highest BCUT2D eigenvalue weighted by atomic mass is 16.1. The molecule has 4 rings (SSSR count). The molecule has 1 atom stereocenters. The second-order valence-corrected chi connectivity index (χ2v) is 6.60. The fourth-order valence-corrected chi connectivity index (χ4v) is 3.83. The summed E-state index contributed by atoms with van der Waals surface area (Å²) in [6, 6.07) is 14.7. The first-order valence-corrected chi connectivity index (χ1v) is 8.78. The summed E-state index contributed by atoms with van der Waals surface area (Å²) in [4.78, 5) is 12.3. The summed E-state index contributed by atoms with van der Waals surface area (Å²) in [5.41, 5.74) is 3.35. The largest absolute Gasteiger partial charge is 0.341 e. The van der Waals surface area contributed by atoms with Crippen molar-refractivity contribution in [1.29, 1.82) is 0 Å². The van der Waals surface area contributed by atoms with Gasteiger partial charge in [-0.25, -0.2) is 0 Å². The van der Waals surface area contributed by atoms with Gasteiger partial charge in [0, 0.05) is 40.5 Å². The van der Waals surface area contributed by atoms with Crippen LogP contribution in [0.2, 0.25) is 0 Å². The second-order valence-electron chi connectivity index (χ2n) is 6.60. The molecule has 3 aromatic rings. The summed E-state index contributed by atoms with van der Waals surface area (Å²) in [5, 5.41) is 8.83. The monoisotopic (exact) mass is 321 g/mol. The number of rotatable bonds is 4. The van der Waals surface area contributed by atoms with Gasteiger partial charge in [0.15, 0.2) is 0 Å². The predicted octanol–water partition coefficient (Wildman–Crippen LogP) is 3.75. The quantitative estimate of drug-likeness (QED) is 0.769. The number of aryl methyl sites for hydroxylation is 1. The number of nitrogens with one attached hydrogen (secondary N) is 2. The molecule has 2 aromatic carbocycles. The van der Waals surface area contributed by atoms with Gasteiger partial charge < -0.3 is 15.2 Å². The molecule has 124 valence electrons. The van der Waals surface area contributed by atoms with Gasteiger partial charge in [-0.05, 0) is 56.6 Å². The smallest absolute Gasteiger partial charge is 0.224 e. The second kappa shape index (κ2) is 6.29. The van der Waals surface area contributed by atoms with E-state index in [-0.39, 0.29) is 5.91 Å². The number of nitrogens with zero attached hydrogens (tertiary/aromatic N) is 1. The molecule has 1 aromatic heterocycles. The molecule has 0 spiro atoms. The van der Waals surface area contributed by atoms with Gasteiger partial charge in [0.1, 0.15) is 0 Å². The minimum absolute atomic E-state index is 0.113. The minimum Gasteiger partial charge on any atom is -0.341 e. The number of para-hydroxylation sites is 1. The Hall–Kier alpha value is -2.33. The SMILES string of the molecule is CCn1c2ccccc2c2cc(NC(=O)CC3CCNC3)ccc21. The summed E-state index contributed by atoms with van der Waals surface area (Å²) in [6.07, 6.45) is 1.69. The molecular weight excluding hydrogens is 298 g/mol. The molecule has 1 aliphatic heterocycles. The van der Waals surface area contributed by atoms with Gasteiger partial charge in [-0.15, -0.1) is 0 Å². The molecule has 1 aliphatic rings. The lowest BCUT2D eigenvalue weighted by Gasteiger charge is -2.09. The molecule has 1 unspecified atom stereocenters. The summed E-state index contributed by atoms with van der Waals surface area (Å²) in [5.74, 6) is 0.581. The van der Waals surface area contributed by atoms with Crippen LogP contribution in [0.15, 0.2) is 42.5 Å². The van der Waals surface area contributed by atoms with Gasteiger partial charge in [0.2, 0.25) is 5.91 Å². The predicted molar refractivity (Wildman–Crippen MR) is 99.3 cm³/mol. The molecule has 1 saturated heterocycles. The lowest BCUT2D eigenvalue weighted by atomic mass is 10.0. The summed E-state index contributed by atoms with van der Waals surface area (Å²) < 4.78 is 2.32. The van der Waals surface area contributed by atoms with Crippen LogP contribution < -0.4 is 10.6 Å². The first kappa shape index (κ1) is 15.2. The standard InChI is InChI=1S/C20H23N3O/c1-2-23-18-6-4-3-5-16(18)17-12-15(7-8-19(17)23)22-20(24)11-14-9-10-21-13-14/h3-8,12,14,21H,2,9-11,13H2,1H3,(H,22,24). The highest BCUT2D eigenvalue weighted by molar-refractivity contribution is 6.09. The van der Waals surface area contributed by atoms with Crippen molar-refractivity contribution in [2.75, 3.05) is 18.4 Å². The molecule has 2 heterocycles. The molecule has 4 heteroatoms. The van der Waals surface area contributed by atoms with Gasteiger partial charge in [0.25, 0.3) is 0 Å². The third kappa shape index (κ3) is 2.67. The van der Waals surface area contributed by atoms with Gasteiger partial charge in [-0.3, -0.25) is 4.79 Å². The fraction of sp³-hybridized carbons (Fsp3) is 0.350. The number of carbonyl (C=O) groups is 1. The fourth-order valence-electron chi connectivity index (χ4n) is 3.83. The average Bonchev–Trinajstić information content (AvgIpc) is 3.20. The van der Waals surface area contributed by atoms with E-state index in [0.717, 1.165) is 31.7 Å². The molecule has 24 heavy (non-hydrogen) atoms. The molecule has 4 nitrogen and oxygen atoms in total. The summed E-state index contributed by atoms with van der Waals surface area (Å²) >= 11 is 0. The van der Waals surface area contributed by atoms with Crippen molar-refractivity contribution in [2.45, 2.75) is 26.3 Å². The van der Waals surface area contributed by atoms with Crippen molar-refractivity contribution in [1.82, 2.24) is 9.88 Å². The van der Waals surface area contributed by atoms with E-state index in [4.69, 9.17) is 0 Å². The first-order valence-electron chi connectivity index (χ1n) is 8.78. The number of aromatic nitrogens is 1. The van der Waals surface area contributed by atoms with E-state index in [9.17, 15) is 4.79 Å². The number of amides is 1. The van der Waals surface area contributed by atoms with Crippen molar-refractivity contribution in [3.8, 4) is 0 Å². The van der Waals surface area contributed by atoms with Crippen LogP contribution in [0.1, 0.15) is 19.8 Å². The molecular formula is C20H23N3O. The van der Waals surface area contributed by atoms with Crippen molar-refractivity contribution in [2.24, 2.45) is 5.92 Å². The Morgan fingerprint density at radius 3 is 2.83 bits per heavy atom. The Morgan fingerprint density at radius 2 is 2.04 bits per heavy atom. The van der Waals surface area contributed by atoms with Crippen LogP contribution in [0.4, 0.5) is 5.69 Å². The topological polar surface area (TPSA) is 46.1 Å². The summed E-state index contributed by atoms with van der Waals surface area (Å²) in [7, 11) is 0. The van der Waals surface area contributed by atoms with E-state index >= 15 is 0 Å².